The minimum absolute atomic E-state index is 0.267. The summed E-state index contributed by atoms with van der Waals surface area (Å²) < 4.78 is 5.67. The van der Waals surface area contributed by atoms with Gasteiger partial charge in [0.05, 0.1) is 25.2 Å². The van der Waals surface area contributed by atoms with Crippen molar-refractivity contribution < 1.29 is 4.74 Å². The summed E-state index contributed by atoms with van der Waals surface area (Å²) in [7, 11) is 3.84. The average molecular weight is 404 g/mol. The van der Waals surface area contributed by atoms with E-state index in [1.807, 2.05) is 12.1 Å². The number of H-pyrrole nitrogens is 1. The molecule has 3 aromatic rings. The van der Waals surface area contributed by atoms with E-state index in [0.717, 1.165) is 42.3 Å². The minimum atomic E-state index is 0.267. The lowest BCUT2D eigenvalue weighted by molar-refractivity contribution is 0.234. The second kappa shape index (κ2) is 8.39. The Bertz CT molecular complexity index is 1060. The van der Waals surface area contributed by atoms with Crippen molar-refractivity contribution in [3.8, 4) is 23.1 Å². The molecule has 9 nitrogen and oxygen atoms in total. The van der Waals surface area contributed by atoms with E-state index in [9.17, 15) is 0 Å². The molecule has 3 heterocycles. The van der Waals surface area contributed by atoms with Crippen LogP contribution < -0.4 is 15.0 Å². The summed E-state index contributed by atoms with van der Waals surface area (Å²) in [6, 6.07) is 10.6. The van der Waals surface area contributed by atoms with Crippen LogP contribution in [0.25, 0.3) is 11.3 Å². The number of ether oxygens (including phenoxy) is 1. The highest BCUT2D eigenvalue weighted by Crippen LogP contribution is 2.34. The maximum atomic E-state index is 8.82. The molecule has 1 aliphatic rings. The summed E-state index contributed by atoms with van der Waals surface area (Å²) in [5, 5.41) is 19.2. The normalized spacial score (nSPS) is 16.9. The van der Waals surface area contributed by atoms with Crippen LogP contribution in [0.15, 0.2) is 36.7 Å². The van der Waals surface area contributed by atoms with Gasteiger partial charge >= 0.3 is 0 Å². The maximum Gasteiger partial charge on any atom is 0.158 e. The second-order valence-corrected chi connectivity index (χ2v) is 7.35. The van der Waals surface area contributed by atoms with Crippen molar-refractivity contribution >= 4 is 17.3 Å². The van der Waals surface area contributed by atoms with E-state index in [4.69, 9.17) is 10.00 Å². The number of anilines is 3. The van der Waals surface area contributed by atoms with E-state index in [2.05, 4.69) is 67.5 Å². The number of nitrogens with one attached hydrogen (secondary N) is 2. The smallest absolute Gasteiger partial charge is 0.158 e. The largest absolute Gasteiger partial charge is 0.496 e. The molecule has 1 atom stereocenters. The SMILES string of the molecule is COc1cc(N2CCN(C)[C@H](C)C2)ccc1-c1cc(Nc2cnc(C#N)cn2)n[nH]1. The molecule has 0 saturated carbocycles. The zero-order valence-corrected chi connectivity index (χ0v) is 17.3. The van der Waals surface area contributed by atoms with Gasteiger partial charge in [-0.05, 0) is 26.1 Å². The third-order valence-corrected chi connectivity index (χ3v) is 5.40. The van der Waals surface area contributed by atoms with E-state index >= 15 is 0 Å². The quantitative estimate of drug-likeness (QED) is 0.668. The van der Waals surface area contributed by atoms with E-state index in [0.29, 0.717) is 17.7 Å². The van der Waals surface area contributed by atoms with Crippen LogP contribution in [-0.2, 0) is 0 Å². The summed E-state index contributed by atoms with van der Waals surface area (Å²) in [5.74, 6) is 1.90. The Balaban J connectivity index is 1.53. The molecule has 0 radical (unpaired) electrons. The van der Waals surface area contributed by atoms with Gasteiger partial charge in [-0.3, -0.25) is 5.10 Å². The van der Waals surface area contributed by atoms with Gasteiger partial charge in [0.15, 0.2) is 11.5 Å². The Kier molecular flexibility index (Phi) is 5.50. The molecule has 4 rings (SSSR count). The van der Waals surface area contributed by atoms with Crippen molar-refractivity contribution in [2.45, 2.75) is 13.0 Å². The lowest BCUT2D eigenvalue weighted by Gasteiger charge is -2.39. The Morgan fingerprint density at radius 1 is 1.20 bits per heavy atom. The average Bonchev–Trinajstić information content (AvgIpc) is 3.24. The van der Waals surface area contributed by atoms with Gasteiger partial charge in [-0.15, -0.1) is 0 Å². The van der Waals surface area contributed by atoms with Gasteiger partial charge in [-0.2, -0.15) is 10.4 Å². The summed E-state index contributed by atoms with van der Waals surface area (Å²) in [6.45, 7) is 5.27. The number of likely N-dealkylation sites (N-methyl/N-ethyl adjacent to an activating group) is 1. The summed E-state index contributed by atoms with van der Waals surface area (Å²) in [5.41, 5.74) is 3.17. The van der Waals surface area contributed by atoms with Crippen LogP contribution in [0.3, 0.4) is 0 Å². The highest BCUT2D eigenvalue weighted by molar-refractivity contribution is 5.73. The first-order chi connectivity index (χ1) is 14.6. The second-order valence-electron chi connectivity index (χ2n) is 7.35. The fourth-order valence-corrected chi connectivity index (χ4v) is 3.49. The van der Waals surface area contributed by atoms with Crippen LogP contribution in [0.4, 0.5) is 17.3 Å². The highest BCUT2D eigenvalue weighted by atomic mass is 16.5. The molecular weight excluding hydrogens is 380 g/mol. The van der Waals surface area contributed by atoms with Gasteiger partial charge in [0.2, 0.25) is 0 Å². The number of hydrogen-bond donors (Lipinski definition) is 2. The highest BCUT2D eigenvalue weighted by Gasteiger charge is 2.22. The predicted molar refractivity (Wildman–Crippen MR) is 115 cm³/mol. The van der Waals surface area contributed by atoms with Gasteiger partial charge in [0, 0.05) is 49.1 Å². The van der Waals surface area contributed by atoms with E-state index in [1.54, 1.807) is 7.11 Å². The van der Waals surface area contributed by atoms with Crippen molar-refractivity contribution in [2.75, 3.05) is 44.0 Å². The molecule has 1 fully saturated rings. The van der Waals surface area contributed by atoms with Crippen molar-refractivity contribution in [3.63, 3.8) is 0 Å². The molecule has 1 aliphatic heterocycles. The fraction of sp³-hybridized carbons (Fsp3) is 0.333. The number of aromatic nitrogens is 4. The maximum absolute atomic E-state index is 8.82. The first kappa shape index (κ1) is 19.7. The standard InChI is InChI=1S/C21H24N8O/c1-14-13-29(7-6-28(14)2)16-4-5-17(19(8-16)30-3)18-9-20(27-26-18)25-21-12-23-15(10-22)11-24-21/h4-5,8-9,11-12,14H,6-7,13H2,1-3H3,(H2,24,25,26,27)/t14-/m1/s1. The molecule has 0 spiro atoms. The first-order valence-corrected chi connectivity index (χ1v) is 9.75. The number of rotatable bonds is 5. The van der Waals surface area contributed by atoms with Crippen LogP contribution in [-0.4, -0.2) is 64.9 Å². The van der Waals surface area contributed by atoms with Crippen LogP contribution in [0.1, 0.15) is 12.6 Å². The van der Waals surface area contributed by atoms with Crippen LogP contribution >= 0.6 is 0 Å². The number of aromatic amines is 1. The van der Waals surface area contributed by atoms with Crippen molar-refractivity contribution in [1.82, 2.24) is 25.1 Å². The molecule has 1 saturated heterocycles. The van der Waals surface area contributed by atoms with Crippen molar-refractivity contribution in [2.24, 2.45) is 0 Å². The third-order valence-electron chi connectivity index (χ3n) is 5.40. The van der Waals surface area contributed by atoms with Crippen molar-refractivity contribution in [1.29, 1.82) is 5.26 Å². The van der Waals surface area contributed by atoms with Crippen molar-refractivity contribution in [3.05, 3.63) is 42.4 Å². The van der Waals surface area contributed by atoms with Gasteiger partial charge in [-0.25, -0.2) is 9.97 Å². The van der Waals surface area contributed by atoms with Gasteiger partial charge < -0.3 is 19.9 Å². The number of piperazine rings is 1. The number of nitriles is 1. The fourth-order valence-electron chi connectivity index (χ4n) is 3.49. The zero-order chi connectivity index (χ0) is 21.1. The first-order valence-electron chi connectivity index (χ1n) is 9.75. The number of nitrogens with zero attached hydrogens (tertiary/aromatic N) is 6. The number of hydrogen-bond acceptors (Lipinski definition) is 8. The molecule has 2 N–H and O–H groups in total. The van der Waals surface area contributed by atoms with E-state index in [1.165, 1.54) is 12.4 Å². The lowest BCUT2D eigenvalue weighted by Crippen LogP contribution is -2.50. The summed E-state index contributed by atoms with van der Waals surface area (Å²) in [4.78, 5) is 12.9. The molecule has 0 amide bonds. The molecule has 9 heteroatoms. The molecule has 154 valence electrons. The summed E-state index contributed by atoms with van der Waals surface area (Å²) in [6.07, 6.45) is 2.91. The molecule has 0 aliphatic carbocycles. The Morgan fingerprint density at radius 2 is 2.07 bits per heavy atom. The molecule has 30 heavy (non-hydrogen) atoms. The topological polar surface area (TPSA) is 106 Å². The van der Waals surface area contributed by atoms with Gasteiger partial charge in [0.25, 0.3) is 0 Å². The predicted octanol–water partition coefficient (Wildman–Crippen LogP) is 2.63. The van der Waals surface area contributed by atoms with Gasteiger partial charge in [-0.1, -0.05) is 0 Å². The minimum Gasteiger partial charge on any atom is -0.496 e. The zero-order valence-electron chi connectivity index (χ0n) is 17.3. The van der Waals surface area contributed by atoms with Crippen LogP contribution in [0.2, 0.25) is 0 Å². The Morgan fingerprint density at radius 3 is 2.77 bits per heavy atom. The molecule has 2 aromatic heterocycles. The molecular formula is C21H24N8O. The molecule has 0 bridgehead atoms. The number of methoxy groups -OCH3 is 1. The number of benzene rings is 1. The molecule has 0 unspecified atom stereocenters. The monoisotopic (exact) mass is 404 g/mol. The third kappa shape index (κ3) is 4.04. The lowest BCUT2D eigenvalue weighted by atomic mass is 10.1. The van der Waals surface area contributed by atoms with E-state index < -0.39 is 0 Å². The van der Waals surface area contributed by atoms with Gasteiger partial charge in [0.1, 0.15) is 17.6 Å². The Labute approximate surface area is 175 Å². The Hall–Kier alpha value is -3.64. The molecule has 1 aromatic carbocycles. The van der Waals surface area contributed by atoms with Crippen LogP contribution in [0.5, 0.6) is 5.75 Å². The summed E-state index contributed by atoms with van der Waals surface area (Å²) >= 11 is 0. The van der Waals surface area contributed by atoms with E-state index in [-0.39, 0.29) is 5.69 Å². The van der Waals surface area contributed by atoms with Crippen LogP contribution in [0, 0.1) is 11.3 Å².